The number of H-pyrrole nitrogens is 1. The fraction of sp³-hybridized carbons (Fsp3) is 0.292. The van der Waals surface area contributed by atoms with Crippen LogP contribution >= 0.6 is 11.8 Å². The number of hydrogen-bond acceptors (Lipinski definition) is 6. The molecule has 2 heterocycles. The molecule has 0 bridgehead atoms. The molecule has 0 amide bonds. The van der Waals surface area contributed by atoms with E-state index in [0.717, 1.165) is 17.1 Å². The SMILES string of the molecule is COc1cccc(-c2nc(SCCOc3ccc(C(C)(C)C)cc3)n3[nH]c(=O)cc3n2)c1. The maximum Gasteiger partial charge on any atom is 0.266 e. The van der Waals surface area contributed by atoms with Crippen molar-refractivity contribution in [1.29, 1.82) is 0 Å². The number of nitrogens with one attached hydrogen (secondary N) is 1. The summed E-state index contributed by atoms with van der Waals surface area (Å²) >= 11 is 1.49. The summed E-state index contributed by atoms with van der Waals surface area (Å²) in [5, 5.41) is 3.40. The molecule has 8 heteroatoms. The maximum absolute atomic E-state index is 11.9. The van der Waals surface area contributed by atoms with E-state index in [2.05, 4.69) is 48.0 Å². The topological polar surface area (TPSA) is 81.5 Å². The lowest BCUT2D eigenvalue weighted by Crippen LogP contribution is -2.10. The Morgan fingerprint density at radius 2 is 1.81 bits per heavy atom. The van der Waals surface area contributed by atoms with E-state index in [1.54, 1.807) is 11.6 Å². The minimum absolute atomic E-state index is 0.112. The predicted octanol–water partition coefficient (Wildman–Crippen LogP) is 4.56. The highest BCUT2D eigenvalue weighted by Gasteiger charge is 2.14. The third kappa shape index (κ3) is 4.96. The zero-order valence-corrected chi connectivity index (χ0v) is 19.4. The van der Waals surface area contributed by atoms with Gasteiger partial charge in [0.2, 0.25) is 0 Å². The van der Waals surface area contributed by atoms with E-state index < -0.39 is 0 Å². The molecule has 2 aromatic carbocycles. The number of aromatic nitrogens is 4. The molecule has 0 spiro atoms. The quantitative estimate of drug-likeness (QED) is 0.328. The van der Waals surface area contributed by atoms with Crippen LogP contribution in [0.25, 0.3) is 17.0 Å². The van der Waals surface area contributed by atoms with Crippen LogP contribution < -0.4 is 15.0 Å². The van der Waals surface area contributed by atoms with Crippen LogP contribution in [0.15, 0.2) is 64.5 Å². The summed E-state index contributed by atoms with van der Waals surface area (Å²) in [6.07, 6.45) is 0. The van der Waals surface area contributed by atoms with Crippen molar-refractivity contribution in [3.05, 3.63) is 70.5 Å². The Bertz CT molecular complexity index is 1270. The third-order valence-corrected chi connectivity index (χ3v) is 5.86. The van der Waals surface area contributed by atoms with Gasteiger partial charge in [-0.25, -0.2) is 14.5 Å². The standard InChI is InChI=1S/C24H26N4O3S/c1-24(2,3)17-8-10-18(11-9-17)31-12-13-32-23-26-22(16-6-5-7-19(14-16)30-4)25-20-15-21(29)27-28(20)23/h5-11,14-15H,12-13H2,1-4H3,(H,27,29). The molecule has 2 aromatic heterocycles. The van der Waals surface area contributed by atoms with Gasteiger partial charge in [0.15, 0.2) is 16.6 Å². The monoisotopic (exact) mass is 450 g/mol. The molecule has 0 aliphatic rings. The van der Waals surface area contributed by atoms with Crippen molar-refractivity contribution in [2.75, 3.05) is 19.5 Å². The number of ether oxygens (including phenoxy) is 2. The van der Waals surface area contributed by atoms with Crippen LogP contribution in [0.3, 0.4) is 0 Å². The lowest BCUT2D eigenvalue weighted by Gasteiger charge is -2.19. The van der Waals surface area contributed by atoms with Gasteiger partial charge in [-0.15, -0.1) is 0 Å². The van der Waals surface area contributed by atoms with Gasteiger partial charge in [-0.05, 0) is 35.2 Å². The van der Waals surface area contributed by atoms with Crippen LogP contribution in [-0.4, -0.2) is 39.1 Å². The number of nitrogens with zero attached hydrogens (tertiary/aromatic N) is 3. The van der Waals surface area contributed by atoms with Crippen LogP contribution in [-0.2, 0) is 5.41 Å². The van der Waals surface area contributed by atoms with Gasteiger partial charge in [-0.1, -0.05) is 56.8 Å². The maximum atomic E-state index is 11.9. The second kappa shape index (κ2) is 9.08. The van der Waals surface area contributed by atoms with Crippen LogP contribution in [0.5, 0.6) is 11.5 Å². The summed E-state index contributed by atoms with van der Waals surface area (Å²) in [6, 6.07) is 17.2. The summed E-state index contributed by atoms with van der Waals surface area (Å²) in [7, 11) is 1.62. The molecular formula is C24H26N4O3S. The smallest absolute Gasteiger partial charge is 0.266 e. The molecule has 4 aromatic rings. The zero-order valence-electron chi connectivity index (χ0n) is 18.6. The molecule has 0 aliphatic heterocycles. The Kier molecular flexibility index (Phi) is 6.23. The van der Waals surface area contributed by atoms with Gasteiger partial charge in [0.1, 0.15) is 11.5 Å². The van der Waals surface area contributed by atoms with Gasteiger partial charge >= 0.3 is 0 Å². The van der Waals surface area contributed by atoms with E-state index >= 15 is 0 Å². The Hall–Kier alpha value is -3.26. The lowest BCUT2D eigenvalue weighted by molar-refractivity contribution is 0.343. The summed E-state index contributed by atoms with van der Waals surface area (Å²) < 4.78 is 12.8. The van der Waals surface area contributed by atoms with Gasteiger partial charge in [-0.2, -0.15) is 0 Å². The first-order valence-electron chi connectivity index (χ1n) is 10.3. The summed E-state index contributed by atoms with van der Waals surface area (Å²) in [5.41, 5.74) is 2.49. The Balaban J connectivity index is 1.49. The largest absolute Gasteiger partial charge is 0.497 e. The number of hydrogen-bond donors (Lipinski definition) is 1. The minimum atomic E-state index is -0.223. The lowest BCUT2D eigenvalue weighted by atomic mass is 9.87. The molecule has 0 fully saturated rings. The van der Waals surface area contributed by atoms with Crippen LogP contribution in [0, 0.1) is 0 Å². The normalized spacial score (nSPS) is 11.6. The highest BCUT2D eigenvalue weighted by molar-refractivity contribution is 7.99. The predicted molar refractivity (Wildman–Crippen MR) is 127 cm³/mol. The molecular weight excluding hydrogens is 424 g/mol. The molecule has 0 atom stereocenters. The number of aromatic amines is 1. The fourth-order valence-corrected chi connectivity index (χ4v) is 3.98. The minimum Gasteiger partial charge on any atom is -0.497 e. The molecule has 4 rings (SSSR count). The van der Waals surface area contributed by atoms with Crippen molar-refractivity contribution >= 4 is 17.4 Å². The van der Waals surface area contributed by atoms with Gasteiger partial charge in [0, 0.05) is 17.4 Å². The summed E-state index contributed by atoms with van der Waals surface area (Å²) in [6.45, 7) is 7.07. The van der Waals surface area contributed by atoms with Crippen molar-refractivity contribution in [3.8, 4) is 22.9 Å². The van der Waals surface area contributed by atoms with Gasteiger partial charge < -0.3 is 9.47 Å². The molecule has 0 unspecified atom stereocenters. The van der Waals surface area contributed by atoms with Crippen LogP contribution in [0.4, 0.5) is 0 Å². The number of methoxy groups -OCH3 is 1. The van der Waals surface area contributed by atoms with Crippen LogP contribution in [0.2, 0.25) is 0 Å². The van der Waals surface area contributed by atoms with Gasteiger partial charge in [-0.3, -0.25) is 9.89 Å². The van der Waals surface area contributed by atoms with Crippen molar-refractivity contribution < 1.29 is 9.47 Å². The van der Waals surface area contributed by atoms with Crippen LogP contribution in [0.1, 0.15) is 26.3 Å². The van der Waals surface area contributed by atoms with Crippen molar-refractivity contribution in [2.24, 2.45) is 0 Å². The van der Waals surface area contributed by atoms with E-state index in [4.69, 9.17) is 9.47 Å². The molecule has 0 radical (unpaired) electrons. The molecule has 0 saturated heterocycles. The molecule has 32 heavy (non-hydrogen) atoms. The van der Waals surface area contributed by atoms with Gasteiger partial charge in [0.25, 0.3) is 5.56 Å². The molecule has 0 saturated carbocycles. The van der Waals surface area contributed by atoms with Crippen molar-refractivity contribution in [2.45, 2.75) is 31.3 Å². The van der Waals surface area contributed by atoms with Crippen molar-refractivity contribution in [3.63, 3.8) is 0 Å². The second-order valence-electron chi connectivity index (χ2n) is 8.35. The number of fused-ring (bicyclic) bond motifs is 1. The first-order chi connectivity index (χ1) is 15.3. The molecule has 7 nitrogen and oxygen atoms in total. The number of thioether (sulfide) groups is 1. The van der Waals surface area contributed by atoms with Gasteiger partial charge in [0.05, 0.1) is 13.7 Å². The Morgan fingerprint density at radius 3 is 2.53 bits per heavy atom. The van der Waals surface area contributed by atoms with E-state index in [9.17, 15) is 4.79 Å². The van der Waals surface area contributed by atoms with E-state index in [1.807, 2.05) is 36.4 Å². The Morgan fingerprint density at radius 1 is 1.03 bits per heavy atom. The molecule has 166 valence electrons. The second-order valence-corrected chi connectivity index (χ2v) is 9.41. The fourth-order valence-electron chi connectivity index (χ4n) is 3.22. The van der Waals surface area contributed by atoms with E-state index in [0.29, 0.717) is 29.0 Å². The molecule has 0 aliphatic carbocycles. The average Bonchev–Trinajstić information content (AvgIpc) is 3.16. The summed E-state index contributed by atoms with van der Waals surface area (Å²) in [5.74, 6) is 2.74. The third-order valence-electron chi connectivity index (χ3n) is 4.96. The van der Waals surface area contributed by atoms with Crippen molar-refractivity contribution in [1.82, 2.24) is 19.6 Å². The molecule has 1 N–H and O–H groups in total. The Labute approximate surface area is 190 Å². The van der Waals surface area contributed by atoms with E-state index in [-0.39, 0.29) is 11.0 Å². The first kappa shape index (κ1) is 22.0. The number of benzene rings is 2. The highest BCUT2D eigenvalue weighted by atomic mass is 32.2. The number of rotatable bonds is 7. The highest BCUT2D eigenvalue weighted by Crippen LogP contribution is 2.26. The average molecular weight is 451 g/mol. The van der Waals surface area contributed by atoms with E-state index in [1.165, 1.54) is 23.4 Å². The first-order valence-corrected chi connectivity index (χ1v) is 11.3. The summed E-state index contributed by atoms with van der Waals surface area (Å²) in [4.78, 5) is 21.1. The zero-order chi connectivity index (χ0) is 22.7.